The molecule has 0 spiro atoms. The predicted molar refractivity (Wildman–Crippen MR) is 92.7 cm³/mol. The fourth-order valence-corrected chi connectivity index (χ4v) is 2.70. The van der Waals surface area contributed by atoms with Gasteiger partial charge >= 0.3 is 0 Å². The van der Waals surface area contributed by atoms with Crippen molar-refractivity contribution >= 4 is 0 Å². The molecular weight excluding hydrogens is 240 g/mol. The number of rotatable bonds is 5. The summed E-state index contributed by atoms with van der Waals surface area (Å²) in [5, 5.41) is 0. The average Bonchev–Trinajstić information content (AvgIpc) is 2.08. The Labute approximate surface area is 130 Å². The van der Waals surface area contributed by atoms with Crippen LogP contribution in [0.5, 0.6) is 0 Å². The van der Waals surface area contributed by atoms with Crippen molar-refractivity contribution in [3.8, 4) is 0 Å². The quantitative estimate of drug-likeness (QED) is 0.507. The highest BCUT2D eigenvalue weighted by molar-refractivity contribution is 4.95. The minimum Gasteiger partial charge on any atom is -0.0602 e. The molecule has 120 valence electrons. The van der Waals surface area contributed by atoms with E-state index in [4.69, 9.17) is 0 Å². The van der Waals surface area contributed by atoms with Gasteiger partial charge in [0.05, 0.1) is 0 Å². The van der Waals surface area contributed by atoms with Gasteiger partial charge in [0.1, 0.15) is 0 Å². The molecule has 0 aromatic rings. The summed E-state index contributed by atoms with van der Waals surface area (Å²) in [5.41, 5.74) is 1.30. The van der Waals surface area contributed by atoms with Gasteiger partial charge in [-0.15, -0.1) is 0 Å². The standard InChI is InChI=1S/C20H40/c1-17(2,3)12-13-20(10,11)16(14-18(4,5)6)15-19(7,8)9/h16H,12,14-15H2,1-11H3. The van der Waals surface area contributed by atoms with Crippen LogP contribution in [0.15, 0.2) is 0 Å². The highest BCUT2D eigenvalue weighted by Gasteiger charge is 2.36. The maximum atomic E-state index is 3.84. The molecule has 0 heterocycles. The molecule has 0 aliphatic heterocycles. The zero-order valence-electron chi connectivity index (χ0n) is 16.2. The topological polar surface area (TPSA) is 0 Å². The van der Waals surface area contributed by atoms with Gasteiger partial charge in [0, 0.05) is 0 Å². The van der Waals surface area contributed by atoms with Crippen LogP contribution in [0, 0.1) is 34.0 Å². The molecule has 0 saturated carbocycles. The molecule has 0 amide bonds. The molecule has 20 heavy (non-hydrogen) atoms. The monoisotopic (exact) mass is 280 g/mol. The first kappa shape index (κ1) is 20.0. The van der Waals surface area contributed by atoms with Crippen molar-refractivity contribution in [2.24, 2.45) is 27.6 Å². The fraction of sp³-hybridized carbons (Fsp3) is 0.950. The van der Waals surface area contributed by atoms with E-state index in [2.05, 4.69) is 82.6 Å². The lowest BCUT2D eigenvalue weighted by Crippen LogP contribution is -2.32. The average molecular weight is 281 g/mol. The lowest BCUT2D eigenvalue weighted by atomic mass is 9.63. The van der Waals surface area contributed by atoms with Gasteiger partial charge in [0.15, 0.2) is 0 Å². The molecular formula is C20H40. The summed E-state index contributed by atoms with van der Waals surface area (Å²) >= 11 is 0. The van der Waals surface area contributed by atoms with Crippen molar-refractivity contribution in [2.75, 3.05) is 0 Å². The summed E-state index contributed by atoms with van der Waals surface area (Å²) in [6.07, 6.45) is 7.46. The second kappa shape index (κ2) is 6.41. The third-order valence-electron chi connectivity index (χ3n) is 3.81. The third-order valence-corrected chi connectivity index (χ3v) is 3.81. The SMILES string of the molecule is CC(C)(C)C[C]C(C)(C)C(CC(C)(C)C)CC(C)(C)C. The molecule has 0 rings (SSSR count). The van der Waals surface area contributed by atoms with Crippen LogP contribution < -0.4 is 0 Å². The summed E-state index contributed by atoms with van der Waals surface area (Å²) in [5.74, 6) is 0.699. The second-order valence-corrected chi connectivity index (χ2v) is 10.9. The van der Waals surface area contributed by atoms with Crippen LogP contribution in [0.25, 0.3) is 0 Å². The van der Waals surface area contributed by atoms with E-state index in [0.717, 1.165) is 6.42 Å². The van der Waals surface area contributed by atoms with Gasteiger partial charge in [-0.3, -0.25) is 0 Å². The van der Waals surface area contributed by atoms with Gasteiger partial charge in [0.2, 0.25) is 0 Å². The van der Waals surface area contributed by atoms with E-state index in [1.165, 1.54) is 12.8 Å². The maximum Gasteiger partial charge on any atom is -0.0103 e. The molecule has 0 aromatic heterocycles. The predicted octanol–water partition coefficient (Wildman–Crippen LogP) is 7.02. The summed E-state index contributed by atoms with van der Waals surface area (Å²) in [6, 6.07) is 0. The molecule has 0 aliphatic carbocycles. The van der Waals surface area contributed by atoms with E-state index >= 15 is 0 Å². The molecule has 0 atom stereocenters. The Kier molecular flexibility index (Phi) is 6.41. The Balaban J connectivity index is 4.98. The smallest absolute Gasteiger partial charge is 0.0103 e. The Morgan fingerprint density at radius 2 is 0.950 bits per heavy atom. The lowest BCUT2D eigenvalue weighted by molar-refractivity contribution is 0.117. The van der Waals surface area contributed by atoms with Crippen molar-refractivity contribution in [1.29, 1.82) is 0 Å². The zero-order valence-corrected chi connectivity index (χ0v) is 16.2. The Morgan fingerprint density at radius 1 is 0.600 bits per heavy atom. The molecule has 0 saturated heterocycles. The molecule has 0 aromatic carbocycles. The molecule has 0 aliphatic rings. The van der Waals surface area contributed by atoms with Crippen LogP contribution in [-0.2, 0) is 0 Å². The Hall–Kier alpha value is 0. The van der Waals surface area contributed by atoms with E-state index in [1.54, 1.807) is 0 Å². The van der Waals surface area contributed by atoms with Crippen molar-refractivity contribution in [3.05, 3.63) is 6.42 Å². The normalized spacial score (nSPS) is 15.0. The largest absolute Gasteiger partial charge is 0.0602 e. The minimum atomic E-state index is 0.188. The van der Waals surface area contributed by atoms with Crippen molar-refractivity contribution in [1.82, 2.24) is 0 Å². The van der Waals surface area contributed by atoms with Crippen LogP contribution in [0.2, 0.25) is 0 Å². The van der Waals surface area contributed by atoms with E-state index < -0.39 is 0 Å². The first-order valence-electron chi connectivity index (χ1n) is 8.27. The molecule has 0 bridgehead atoms. The lowest BCUT2D eigenvalue weighted by Gasteiger charge is -2.42. The highest BCUT2D eigenvalue weighted by Crippen LogP contribution is 2.45. The zero-order chi connectivity index (χ0) is 16.4. The Bertz CT molecular complexity index is 259. The minimum absolute atomic E-state index is 0.188. The van der Waals surface area contributed by atoms with E-state index in [1.807, 2.05) is 0 Å². The van der Waals surface area contributed by atoms with Crippen molar-refractivity contribution in [3.63, 3.8) is 0 Å². The number of hydrogen-bond donors (Lipinski definition) is 0. The molecule has 2 radical (unpaired) electrons. The molecule has 0 N–H and O–H groups in total. The first-order valence-corrected chi connectivity index (χ1v) is 8.27. The van der Waals surface area contributed by atoms with E-state index in [0.29, 0.717) is 22.2 Å². The summed E-state index contributed by atoms with van der Waals surface area (Å²) in [7, 11) is 0. The number of hydrogen-bond acceptors (Lipinski definition) is 0. The van der Waals surface area contributed by atoms with E-state index in [9.17, 15) is 0 Å². The first-order chi connectivity index (χ1) is 8.52. The van der Waals surface area contributed by atoms with Crippen LogP contribution in [-0.4, -0.2) is 0 Å². The van der Waals surface area contributed by atoms with Crippen LogP contribution in [0.1, 0.15) is 95.4 Å². The third kappa shape index (κ3) is 9.83. The maximum absolute atomic E-state index is 3.84. The van der Waals surface area contributed by atoms with Crippen LogP contribution >= 0.6 is 0 Å². The fourth-order valence-electron chi connectivity index (χ4n) is 2.70. The Morgan fingerprint density at radius 3 is 1.20 bits per heavy atom. The highest BCUT2D eigenvalue weighted by atomic mass is 14.4. The van der Waals surface area contributed by atoms with Gasteiger partial charge in [0.25, 0.3) is 0 Å². The van der Waals surface area contributed by atoms with Gasteiger partial charge in [-0.1, -0.05) is 76.2 Å². The van der Waals surface area contributed by atoms with Gasteiger partial charge in [-0.05, 0) is 53.3 Å². The van der Waals surface area contributed by atoms with Gasteiger partial charge in [-0.2, -0.15) is 0 Å². The van der Waals surface area contributed by atoms with E-state index in [-0.39, 0.29) is 5.41 Å². The summed E-state index contributed by atoms with van der Waals surface area (Å²) < 4.78 is 0. The molecule has 0 heteroatoms. The summed E-state index contributed by atoms with van der Waals surface area (Å²) in [4.78, 5) is 0. The van der Waals surface area contributed by atoms with Gasteiger partial charge < -0.3 is 0 Å². The molecule has 0 unspecified atom stereocenters. The van der Waals surface area contributed by atoms with Crippen LogP contribution in [0.3, 0.4) is 0 Å². The van der Waals surface area contributed by atoms with Gasteiger partial charge in [-0.25, -0.2) is 0 Å². The molecule has 0 nitrogen and oxygen atoms in total. The molecule has 0 fully saturated rings. The van der Waals surface area contributed by atoms with Crippen LogP contribution in [0.4, 0.5) is 0 Å². The second-order valence-electron chi connectivity index (χ2n) is 10.9. The summed E-state index contributed by atoms with van der Waals surface area (Å²) in [6.45, 7) is 25.9. The van der Waals surface area contributed by atoms with Crippen molar-refractivity contribution in [2.45, 2.75) is 95.4 Å². The van der Waals surface area contributed by atoms with Crippen molar-refractivity contribution < 1.29 is 0 Å².